The number of fused-ring (bicyclic) bond motifs is 1. The number of hydrogen-bond acceptors (Lipinski definition) is 5. The van der Waals surface area contributed by atoms with Gasteiger partial charge in [-0.1, -0.05) is 54.6 Å². The van der Waals surface area contributed by atoms with E-state index in [4.69, 9.17) is 0 Å². The maximum atomic E-state index is 11.4. The minimum atomic E-state index is -0.975. The van der Waals surface area contributed by atoms with Crippen LogP contribution in [0.4, 0.5) is 0 Å². The Balaban J connectivity index is 1.33. The van der Waals surface area contributed by atoms with Crippen molar-refractivity contribution in [2.24, 2.45) is 0 Å². The molecular formula is C23H18N6O2. The van der Waals surface area contributed by atoms with Gasteiger partial charge in [-0.3, -0.25) is 0 Å². The lowest BCUT2D eigenvalue weighted by Crippen LogP contribution is -2.09. The van der Waals surface area contributed by atoms with E-state index in [1.807, 2.05) is 48.8 Å². The molecule has 0 unspecified atom stereocenters. The third kappa shape index (κ3) is 3.78. The van der Waals surface area contributed by atoms with Crippen molar-refractivity contribution < 1.29 is 9.90 Å². The standard InChI is InChI=1S/C23H18N6O2/c30-23(31)19-6-2-1-5-18(19)14-29-26-22(25-27-29)17-11-9-16(10-12-17)13-28-15-24-20-7-3-4-8-21(20)28/h1-12,15H,13-14H2,(H,30,31). The van der Waals surface area contributed by atoms with Gasteiger partial charge < -0.3 is 9.67 Å². The van der Waals surface area contributed by atoms with Crippen molar-refractivity contribution in [2.45, 2.75) is 13.1 Å². The zero-order valence-electron chi connectivity index (χ0n) is 16.5. The lowest BCUT2D eigenvalue weighted by atomic mass is 10.1. The van der Waals surface area contributed by atoms with E-state index in [1.54, 1.807) is 24.3 Å². The SMILES string of the molecule is O=C(O)c1ccccc1Cn1nnc(-c2ccc(Cn3cnc4ccccc43)cc2)n1. The summed E-state index contributed by atoms with van der Waals surface area (Å²) in [6.45, 7) is 0.953. The van der Waals surface area contributed by atoms with Gasteiger partial charge in [-0.15, -0.1) is 10.2 Å². The fourth-order valence-electron chi connectivity index (χ4n) is 3.54. The van der Waals surface area contributed by atoms with Gasteiger partial charge in [0.05, 0.1) is 29.5 Å². The van der Waals surface area contributed by atoms with Gasteiger partial charge in [0.25, 0.3) is 0 Å². The summed E-state index contributed by atoms with van der Waals surface area (Å²) in [5, 5.41) is 21.9. The van der Waals surface area contributed by atoms with Crippen molar-refractivity contribution in [1.82, 2.24) is 29.8 Å². The zero-order chi connectivity index (χ0) is 21.2. The summed E-state index contributed by atoms with van der Waals surface area (Å²) in [6.07, 6.45) is 1.85. The number of aromatic carboxylic acids is 1. The highest BCUT2D eigenvalue weighted by Gasteiger charge is 2.12. The third-order valence-electron chi connectivity index (χ3n) is 5.10. The van der Waals surface area contributed by atoms with Gasteiger partial charge >= 0.3 is 5.97 Å². The maximum absolute atomic E-state index is 11.4. The number of tetrazole rings is 1. The number of carboxylic acids is 1. The number of para-hydroxylation sites is 2. The highest BCUT2D eigenvalue weighted by atomic mass is 16.4. The molecule has 0 aliphatic carbocycles. The zero-order valence-corrected chi connectivity index (χ0v) is 16.5. The first-order valence-electron chi connectivity index (χ1n) is 9.75. The van der Waals surface area contributed by atoms with E-state index < -0.39 is 5.97 Å². The molecule has 0 fully saturated rings. The number of aromatic nitrogens is 6. The van der Waals surface area contributed by atoms with Gasteiger partial charge in [0.2, 0.25) is 5.82 Å². The first kappa shape index (κ1) is 18.7. The molecule has 5 rings (SSSR count). The van der Waals surface area contributed by atoms with Gasteiger partial charge in [0.15, 0.2) is 0 Å². The molecule has 2 heterocycles. The van der Waals surface area contributed by atoms with Crippen LogP contribution >= 0.6 is 0 Å². The first-order chi connectivity index (χ1) is 15.2. The predicted molar refractivity (Wildman–Crippen MR) is 115 cm³/mol. The summed E-state index contributed by atoms with van der Waals surface area (Å²) < 4.78 is 2.11. The minimum Gasteiger partial charge on any atom is -0.478 e. The topological polar surface area (TPSA) is 98.7 Å². The maximum Gasteiger partial charge on any atom is 0.336 e. The largest absolute Gasteiger partial charge is 0.478 e. The fourth-order valence-corrected chi connectivity index (χ4v) is 3.54. The minimum absolute atomic E-state index is 0.234. The summed E-state index contributed by atoms with van der Waals surface area (Å²) >= 11 is 0. The van der Waals surface area contributed by atoms with Crippen LogP contribution in [0.1, 0.15) is 21.5 Å². The Hall–Kier alpha value is -4.33. The molecule has 0 spiro atoms. The van der Waals surface area contributed by atoms with Gasteiger partial charge in [-0.25, -0.2) is 9.78 Å². The molecule has 1 N–H and O–H groups in total. The normalized spacial score (nSPS) is 11.1. The predicted octanol–water partition coefficient (Wildman–Crippen LogP) is 3.48. The van der Waals surface area contributed by atoms with Gasteiger partial charge in [0, 0.05) is 12.1 Å². The van der Waals surface area contributed by atoms with E-state index in [9.17, 15) is 9.90 Å². The Kier molecular flexibility index (Phi) is 4.72. The first-order valence-corrected chi connectivity index (χ1v) is 9.75. The summed E-state index contributed by atoms with van der Waals surface area (Å²) in [4.78, 5) is 17.2. The number of benzene rings is 3. The van der Waals surface area contributed by atoms with Crippen LogP contribution in [0.25, 0.3) is 22.4 Å². The smallest absolute Gasteiger partial charge is 0.336 e. The summed E-state index contributed by atoms with van der Waals surface area (Å²) in [7, 11) is 0. The van der Waals surface area contributed by atoms with Crippen LogP contribution in [-0.4, -0.2) is 40.8 Å². The summed E-state index contributed by atoms with van der Waals surface area (Å²) in [5.74, 6) is -0.482. The molecule has 3 aromatic carbocycles. The molecule has 0 aliphatic rings. The molecule has 0 saturated heterocycles. The number of hydrogen-bond donors (Lipinski definition) is 1. The Morgan fingerprint density at radius 1 is 0.903 bits per heavy atom. The van der Waals surface area contributed by atoms with Crippen molar-refractivity contribution >= 4 is 17.0 Å². The Labute approximate surface area is 177 Å². The highest BCUT2D eigenvalue weighted by molar-refractivity contribution is 5.89. The van der Waals surface area contributed by atoms with Crippen molar-refractivity contribution in [3.63, 3.8) is 0 Å². The number of carbonyl (C=O) groups is 1. The summed E-state index contributed by atoms with van der Waals surface area (Å²) in [6, 6.07) is 22.8. The molecular weight excluding hydrogens is 392 g/mol. The van der Waals surface area contributed by atoms with Crippen molar-refractivity contribution in [1.29, 1.82) is 0 Å². The summed E-state index contributed by atoms with van der Waals surface area (Å²) in [5.41, 5.74) is 4.91. The second kappa shape index (κ2) is 7.83. The number of rotatable bonds is 6. The van der Waals surface area contributed by atoms with Crippen LogP contribution < -0.4 is 0 Å². The second-order valence-electron chi connectivity index (χ2n) is 7.16. The fraction of sp³-hybridized carbons (Fsp3) is 0.0870. The van der Waals surface area contributed by atoms with Crippen LogP contribution in [0.2, 0.25) is 0 Å². The second-order valence-corrected chi connectivity index (χ2v) is 7.16. The molecule has 0 saturated carbocycles. The van der Waals surface area contributed by atoms with Gasteiger partial charge in [-0.05, 0) is 34.5 Å². The Bertz CT molecular complexity index is 1370. The van der Waals surface area contributed by atoms with Crippen LogP contribution in [0.15, 0.2) is 79.1 Å². The van der Waals surface area contributed by atoms with Crippen LogP contribution in [-0.2, 0) is 13.1 Å². The molecule has 0 atom stereocenters. The number of carboxylic acid groups (broad SMARTS) is 1. The molecule has 0 radical (unpaired) electrons. The number of imidazole rings is 1. The van der Waals surface area contributed by atoms with E-state index in [-0.39, 0.29) is 12.1 Å². The van der Waals surface area contributed by atoms with E-state index in [2.05, 4.69) is 31.0 Å². The molecule has 0 amide bonds. The van der Waals surface area contributed by atoms with Crippen molar-refractivity contribution in [3.05, 3.63) is 95.8 Å². The van der Waals surface area contributed by atoms with Gasteiger partial charge in [-0.2, -0.15) is 4.80 Å². The molecule has 152 valence electrons. The molecule has 31 heavy (non-hydrogen) atoms. The van der Waals surface area contributed by atoms with E-state index >= 15 is 0 Å². The molecule has 2 aromatic heterocycles. The van der Waals surface area contributed by atoms with Crippen LogP contribution in [0, 0.1) is 0 Å². The molecule has 5 aromatic rings. The van der Waals surface area contributed by atoms with E-state index in [0.29, 0.717) is 17.9 Å². The third-order valence-corrected chi connectivity index (χ3v) is 5.10. The molecule has 0 aliphatic heterocycles. The highest BCUT2D eigenvalue weighted by Crippen LogP contribution is 2.18. The Morgan fingerprint density at radius 2 is 1.68 bits per heavy atom. The van der Waals surface area contributed by atoms with Crippen LogP contribution in [0.3, 0.4) is 0 Å². The quantitative estimate of drug-likeness (QED) is 0.460. The van der Waals surface area contributed by atoms with Crippen molar-refractivity contribution in [3.8, 4) is 11.4 Å². The van der Waals surface area contributed by atoms with Crippen LogP contribution in [0.5, 0.6) is 0 Å². The van der Waals surface area contributed by atoms with E-state index in [1.165, 1.54) is 4.80 Å². The van der Waals surface area contributed by atoms with Crippen molar-refractivity contribution in [2.75, 3.05) is 0 Å². The van der Waals surface area contributed by atoms with E-state index in [0.717, 1.165) is 22.2 Å². The molecule has 0 bridgehead atoms. The van der Waals surface area contributed by atoms with Gasteiger partial charge in [0.1, 0.15) is 0 Å². The lowest BCUT2D eigenvalue weighted by Gasteiger charge is -2.05. The lowest BCUT2D eigenvalue weighted by molar-refractivity contribution is 0.0695. The average Bonchev–Trinajstić information content (AvgIpc) is 3.42. The Morgan fingerprint density at radius 3 is 2.52 bits per heavy atom. The molecule has 8 heteroatoms. The average molecular weight is 410 g/mol. The number of nitrogens with zero attached hydrogens (tertiary/aromatic N) is 6. The molecule has 8 nitrogen and oxygen atoms in total. The monoisotopic (exact) mass is 410 g/mol.